The van der Waals surface area contributed by atoms with E-state index < -0.39 is 0 Å². The van der Waals surface area contributed by atoms with Crippen molar-refractivity contribution < 1.29 is 0 Å². The summed E-state index contributed by atoms with van der Waals surface area (Å²) in [6, 6.07) is 5.79. The molecule has 2 aromatic heterocycles. The number of hydrogen-bond donors (Lipinski definition) is 1. The van der Waals surface area contributed by atoms with Crippen molar-refractivity contribution in [3.63, 3.8) is 0 Å². The van der Waals surface area contributed by atoms with E-state index in [0.717, 1.165) is 26.0 Å². The molecule has 0 unspecified atom stereocenters. The molecule has 3 nitrogen and oxygen atoms in total. The van der Waals surface area contributed by atoms with E-state index in [2.05, 4.69) is 9.97 Å². The van der Waals surface area contributed by atoms with Crippen molar-refractivity contribution >= 4 is 48.9 Å². The van der Waals surface area contributed by atoms with Gasteiger partial charge in [-0.25, -0.2) is 9.97 Å². The number of thiophene rings is 1. The number of aryl methyl sites for hydroxylation is 1. The molecule has 0 atom stereocenters. The quantitative estimate of drug-likeness (QED) is 0.491. The smallest absolute Gasteiger partial charge is 0.142 e. The summed E-state index contributed by atoms with van der Waals surface area (Å²) in [6.45, 7) is 1.83. The predicted molar refractivity (Wildman–Crippen MR) is 69.1 cm³/mol. The number of fused-ring (bicyclic) bond motifs is 3. The molecule has 0 amide bonds. The summed E-state index contributed by atoms with van der Waals surface area (Å²) in [5.74, 6) is 0.683. The summed E-state index contributed by atoms with van der Waals surface area (Å²) in [7, 11) is 0. The van der Waals surface area contributed by atoms with Gasteiger partial charge in [0.05, 0.1) is 10.1 Å². The largest absolute Gasteiger partial charge is 0.398 e. The van der Waals surface area contributed by atoms with Crippen molar-refractivity contribution in [3.8, 4) is 0 Å². The molecule has 0 aliphatic heterocycles. The number of aromatic nitrogens is 2. The number of hydrogen-bond acceptors (Lipinski definition) is 4. The van der Waals surface area contributed by atoms with Crippen molar-refractivity contribution in [2.75, 3.05) is 5.73 Å². The van der Waals surface area contributed by atoms with Gasteiger partial charge in [-0.1, -0.05) is 23.7 Å². The van der Waals surface area contributed by atoms with Crippen LogP contribution in [0.2, 0.25) is 5.15 Å². The Balaban J connectivity index is 2.61. The molecule has 16 heavy (non-hydrogen) atoms. The van der Waals surface area contributed by atoms with Crippen LogP contribution in [-0.2, 0) is 0 Å². The fourth-order valence-electron chi connectivity index (χ4n) is 1.78. The van der Waals surface area contributed by atoms with Crippen molar-refractivity contribution in [2.45, 2.75) is 6.92 Å². The minimum atomic E-state index is 0.499. The number of nitrogens with two attached hydrogens (primary N) is 1. The topological polar surface area (TPSA) is 51.8 Å². The first-order valence-electron chi connectivity index (χ1n) is 4.77. The molecule has 0 saturated carbocycles. The average Bonchev–Trinajstić information content (AvgIpc) is 2.57. The van der Waals surface area contributed by atoms with Crippen LogP contribution in [0.25, 0.3) is 20.3 Å². The highest BCUT2D eigenvalue weighted by Gasteiger charge is 2.12. The lowest BCUT2D eigenvalue weighted by Crippen LogP contribution is -1.87. The van der Waals surface area contributed by atoms with Gasteiger partial charge >= 0.3 is 0 Å². The van der Waals surface area contributed by atoms with Crippen LogP contribution in [0.15, 0.2) is 18.2 Å². The number of anilines is 1. The zero-order valence-corrected chi connectivity index (χ0v) is 10.1. The van der Waals surface area contributed by atoms with Crippen LogP contribution in [0.5, 0.6) is 0 Å². The fraction of sp³-hybridized carbons (Fsp3) is 0.0909. The zero-order chi connectivity index (χ0) is 11.3. The van der Waals surface area contributed by atoms with Gasteiger partial charge in [-0.2, -0.15) is 0 Å². The molecule has 0 fully saturated rings. The molecule has 80 valence electrons. The van der Waals surface area contributed by atoms with Crippen LogP contribution in [0.4, 0.5) is 5.69 Å². The highest BCUT2D eigenvalue weighted by Crippen LogP contribution is 2.38. The standard InChI is InChI=1S/C11H8ClN3S/c1-5-14-10(12)8-6-3-2-4-7(13)9(6)16-11(8)15-5/h2-4H,13H2,1H3. The summed E-state index contributed by atoms with van der Waals surface area (Å²) in [6.07, 6.45) is 0. The van der Waals surface area contributed by atoms with Gasteiger partial charge in [0, 0.05) is 11.1 Å². The number of benzene rings is 1. The van der Waals surface area contributed by atoms with Crippen LogP contribution in [0.3, 0.4) is 0 Å². The monoisotopic (exact) mass is 249 g/mol. The minimum Gasteiger partial charge on any atom is -0.398 e. The summed E-state index contributed by atoms with van der Waals surface area (Å²) in [5, 5.41) is 2.43. The zero-order valence-electron chi connectivity index (χ0n) is 8.49. The molecule has 2 N–H and O–H groups in total. The summed E-state index contributed by atoms with van der Waals surface area (Å²) in [5.41, 5.74) is 6.69. The molecule has 5 heteroatoms. The molecule has 0 aliphatic carbocycles. The molecule has 3 aromatic rings. The number of nitrogens with zero attached hydrogens (tertiary/aromatic N) is 2. The second kappa shape index (κ2) is 3.30. The van der Waals surface area contributed by atoms with Gasteiger partial charge in [-0.3, -0.25) is 0 Å². The Morgan fingerprint density at radius 1 is 1.31 bits per heavy atom. The molecular weight excluding hydrogens is 242 g/mol. The molecule has 0 saturated heterocycles. The first-order chi connectivity index (χ1) is 7.66. The Morgan fingerprint density at radius 3 is 2.94 bits per heavy atom. The SMILES string of the molecule is Cc1nc(Cl)c2c(n1)sc1c(N)cccc12. The van der Waals surface area contributed by atoms with Crippen molar-refractivity contribution in [3.05, 3.63) is 29.2 Å². The van der Waals surface area contributed by atoms with E-state index in [9.17, 15) is 0 Å². The van der Waals surface area contributed by atoms with E-state index in [1.807, 2.05) is 25.1 Å². The minimum absolute atomic E-state index is 0.499. The maximum atomic E-state index is 6.15. The first kappa shape index (κ1) is 9.81. The lowest BCUT2D eigenvalue weighted by Gasteiger charge is -1.96. The van der Waals surface area contributed by atoms with Crippen LogP contribution in [-0.4, -0.2) is 9.97 Å². The Labute approximate surface area is 101 Å². The van der Waals surface area contributed by atoms with Gasteiger partial charge in [0.1, 0.15) is 15.8 Å². The Kier molecular flexibility index (Phi) is 2.02. The van der Waals surface area contributed by atoms with E-state index in [1.54, 1.807) is 11.3 Å². The average molecular weight is 250 g/mol. The summed E-state index contributed by atoms with van der Waals surface area (Å²) >= 11 is 7.71. The van der Waals surface area contributed by atoms with Crippen LogP contribution < -0.4 is 5.73 Å². The van der Waals surface area contributed by atoms with Crippen LogP contribution >= 0.6 is 22.9 Å². The summed E-state index contributed by atoms with van der Waals surface area (Å²) in [4.78, 5) is 9.45. The van der Waals surface area contributed by atoms with E-state index in [-0.39, 0.29) is 0 Å². The molecule has 0 aliphatic rings. The fourth-order valence-corrected chi connectivity index (χ4v) is 3.29. The van der Waals surface area contributed by atoms with Crippen molar-refractivity contribution in [1.82, 2.24) is 9.97 Å². The maximum absolute atomic E-state index is 6.15. The molecule has 2 heterocycles. The predicted octanol–water partition coefficient (Wildman–Crippen LogP) is 3.39. The van der Waals surface area contributed by atoms with Crippen LogP contribution in [0.1, 0.15) is 5.82 Å². The second-order valence-electron chi connectivity index (χ2n) is 3.57. The first-order valence-corrected chi connectivity index (χ1v) is 5.97. The van der Waals surface area contributed by atoms with E-state index in [4.69, 9.17) is 17.3 Å². The molecule has 0 spiro atoms. The second-order valence-corrected chi connectivity index (χ2v) is 4.92. The lowest BCUT2D eigenvalue weighted by atomic mass is 10.2. The van der Waals surface area contributed by atoms with E-state index in [1.165, 1.54) is 0 Å². The molecule has 0 radical (unpaired) electrons. The number of rotatable bonds is 0. The molecule has 0 bridgehead atoms. The van der Waals surface area contributed by atoms with Gasteiger partial charge in [0.25, 0.3) is 0 Å². The number of nitrogen functional groups attached to an aromatic ring is 1. The summed E-state index contributed by atoms with van der Waals surface area (Å²) < 4.78 is 1.03. The maximum Gasteiger partial charge on any atom is 0.142 e. The highest BCUT2D eigenvalue weighted by atomic mass is 35.5. The van der Waals surface area contributed by atoms with Gasteiger partial charge in [0.15, 0.2) is 0 Å². The lowest BCUT2D eigenvalue weighted by molar-refractivity contribution is 1.10. The van der Waals surface area contributed by atoms with Gasteiger partial charge in [0.2, 0.25) is 0 Å². The van der Waals surface area contributed by atoms with Crippen molar-refractivity contribution in [1.29, 1.82) is 0 Å². The third-order valence-corrected chi connectivity index (χ3v) is 3.88. The third kappa shape index (κ3) is 1.27. The van der Waals surface area contributed by atoms with Gasteiger partial charge in [-0.05, 0) is 13.0 Å². The van der Waals surface area contributed by atoms with E-state index >= 15 is 0 Å². The Hall–Kier alpha value is -1.39. The molecular formula is C11H8ClN3S. The third-order valence-electron chi connectivity index (χ3n) is 2.46. The highest BCUT2D eigenvalue weighted by molar-refractivity contribution is 7.26. The number of halogens is 1. The Morgan fingerprint density at radius 2 is 2.12 bits per heavy atom. The van der Waals surface area contributed by atoms with Gasteiger partial charge < -0.3 is 5.73 Å². The Bertz CT molecular complexity index is 705. The molecule has 1 aromatic carbocycles. The van der Waals surface area contributed by atoms with Gasteiger partial charge in [-0.15, -0.1) is 11.3 Å². The van der Waals surface area contributed by atoms with Crippen molar-refractivity contribution in [2.24, 2.45) is 0 Å². The normalized spacial score (nSPS) is 11.4. The van der Waals surface area contributed by atoms with Crippen LogP contribution in [0, 0.1) is 6.92 Å². The van der Waals surface area contributed by atoms with E-state index in [0.29, 0.717) is 11.0 Å². The molecule has 3 rings (SSSR count).